The van der Waals surface area contributed by atoms with Gasteiger partial charge in [0.2, 0.25) is 5.91 Å². The Bertz CT molecular complexity index is 977. The van der Waals surface area contributed by atoms with Crippen LogP contribution in [0.25, 0.3) is 0 Å². The highest BCUT2D eigenvalue weighted by molar-refractivity contribution is 5.77. The third-order valence-electron chi connectivity index (χ3n) is 11.8. The fourth-order valence-electron chi connectivity index (χ4n) is 7.90. The van der Waals surface area contributed by atoms with E-state index in [9.17, 15) is 19.8 Å². The van der Waals surface area contributed by atoms with Crippen LogP contribution in [0.4, 0.5) is 0 Å². The number of rotatable bonds is 46. The Balaban J connectivity index is 4.56. The summed E-state index contributed by atoms with van der Waals surface area (Å²) in [6.45, 7) is 6.35. The Kier molecular flexibility index (Phi) is 45.6. The van der Waals surface area contributed by atoms with E-state index >= 15 is 0 Å². The zero-order valence-corrected chi connectivity index (χ0v) is 39.4. The van der Waals surface area contributed by atoms with E-state index < -0.39 is 18.2 Å². The smallest absolute Gasteiger partial charge is 0.306 e. The van der Waals surface area contributed by atoms with E-state index in [0.717, 1.165) is 64.2 Å². The number of ether oxygens (including phenoxy) is 1. The standard InChI is InChI=1S/C53H99NO5/c1-4-7-10-13-16-19-21-23-25-27-28-30-33-35-38-41-44-49(47-52(57)54-50(48-55)51(56)45-42-39-36-32-18-15-12-9-6-3)59-53(58)46-43-40-37-34-31-29-26-24-22-20-17-14-11-8-5-2/h8,11,14,17,20,22,49-51,55-56H,4-7,9-10,12-13,15-16,18-19,21,23-48H2,1-3H3,(H,54,57)/b11-8+,17-14+,22-20+. The molecule has 0 aliphatic carbocycles. The van der Waals surface area contributed by atoms with Crippen LogP contribution in [-0.2, 0) is 14.3 Å². The minimum absolute atomic E-state index is 0.0765. The molecule has 6 nitrogen and oxygen atoms in total. The van der Waals surface area contributed by atoms with Crippen molar-refractivity contribution in [2.24, 2.45) is 0 Å². The Hall–Kier alpha value is -1.92. The number of unbranched alkanes of at least 4 members (excludes halogenated alkanes) is 30. The number of allylic oxidation sites excluding steroid dienone is 6. The van der Waals surface area contributed by atoms with Crippen LogP contribution in [-0.4, -0.2) is 46.9 Å². The second-order valence-electron chi connectivity index (χ2n) is 17.6. The van der Waals surface area contributed by atoms with Gasteiger partial charge in [-0.3, -0.25) is 9.59 Å². The molecule has 0 aromatic heterocycles. The fourth-order valence-corrected chi connectivity index (χ4v) is 7.90. The van der Waals surface area contributed by atoms with Crippen LogP contribution < -0.4 is 5.32 Å². The lowest BCUT2D eigenvalue weighted by molar-refractivity contribution is -0.151. The van der Waals surface area contributed by atoms with Gasteiger partial charge in [-0.05, 0) is 44.9 Å². The highest BCUT2D eigenvalue weighted by Gasteiger charge is 2.24. The highest BCUT2D eigenvalue weighted by Crippen LogP contribution is 2.18. The largest absolute Gasteiger partial charge is 0.462 e. The van der Waals surface area contributed by atoms with E-state index in [1.165, 1.54) is 154 Å². The first-order chi connectivity index (χ1) is 29.0. The Morgan fingerprint density at radius 1 is 0.508 bits per heavy atom. The average Bonchev–Trinajstić information content (AvgIpc) is 3.23. The molecule has 346 valence electrons. The highest BCUT2D eigenvalue weighted by atomic mass is 16.5. The average molecular weight is 830 g/mol. The monoisotopic (exact) mass is 830 g/mol. The fraction of sp³-hybridized carbons (Fsp3) is 0.849. The second kappa shape index (κ2) is 47.1. The van der Waals surface area contributed by atoms with Gasteiger partial charge in [-0.1, -0.05) is 243 Å². The molecule has 3 atom stereocenters. The molecule has 1 amide bonds. The molecular weight excluding hydrogens is 731 g/mol. The normalized spacial score (nSPS) is 13.5. The molecule has 0 radical (unpaired) electrons. The van der Waals surface area contributed by atoms with Gasteiger partial charge in [-0.2, -0.15) is 0 Å². The maximum Gasteiger partial charge on any atom is 0.306 e. The lowest BCUT2D eigenvalue weighted by Gasteiger charge is -2.24. The van der Waals surface area contributed by atoms with Crippen molar-refractivity contribution in [3.05, 3.63) is 36.5 Å². The van der Waals surface area contributed by atoms with Crippen LogP contribution in [0, 0.1) is 0 Å². The molecule has 0 rings (SSSR count). The van der Waals surface area contributed by atoms with Gasteiger partial charge in [0.1, 0.15) is 6.10 Å². The third kappa shape index (κ3) is 42.6. The number of carbonyl (C=O) groups excluding carboxylic acids is 2. The van der Waals surface area contributed by atoms with Crippen molar-refractivity contribution in [3.8, 4) is 0 Å². The molecule has 0 aliphatic rings. The molecule has 0 aliphatic heterocycles. The molecule has 3 unspecified atom stereocenters. The van der Waals surface area contributed by atoms with E-state index in [2.05, 4.69) is 62.5 Å². The summed E-state index contributed by atoms with van der Waals surface area (Å²) in [6.07, 6.45) is 54.9. The van der Waals surface area contributed by atoms with Gasteiger partial charge in [0.15, 0.2) is 0 Å². The topological polar surface area (TPSA) is 95.9 Å². The Morgan fingerprint density at radius 2 is 0.915 bits per heavy atom. The van der Waals surface area contributed by atoms with Crippen LogP contribution in [0.1, 0.15) is 265 Å². The summed E-state index contributed by atoms with van der Waals surface area (Å²) in [5.41, 5.74) is 0. The predicted molar refractivity (Wildman–Crippen MR) is 255 cm³/mol. The molecule has 0 saturated heterocycles. The van der Waals surface area contributed by atoms with Crippen LogP contribution in [0.2, 0.25) is 0 Å². The lowest BCUT2D eigenvalue weighted by Crippen LogP contribution is -2.46. The van der Waals surface area contributed by atoms with Crippen molar-refractivity contribution in [2.75, 3.05) is 6.61 Å². The number of nitrogens with one attached hydrogen (secondary N) is 1. The zero-order chi connectivity index (χ0) is 43.1. The van der Waals surface area contributed by atoms with Gasteiger partial charge in [0.25, 0.3) is 0 Å². The van der Waals surface area contributed by atoms with Gasteiger partial charge < -0.3 is 20.3 Å². The Morgan fingerprint density at radius 3 is 1.37 bits per heavy atom. The van der Waals surface area contributed by atoms with Gasteiger partial charge in [-0.25, -0.2) is 0 Å². The summed E-state index contributed by atoms with van der Waals surface area (Å²) >= 11 is 0. The molecular formula is C53H99NO5. The first-order valence-corrected chi connectivity index (χ1v) is 25.7. The minimum Gasteiger partial charge on any atom is -0.462 e. The first kappa shape index (κ1) is 57.1. The second-order valence-corrected chi connectivity index (χ2v) is 17.6. The molecule has 6 heteroatoms. The van der Waals surface area contributed by atoms with Crippen molar-refractivity contribution < 1.29 is 24.5 Å². The van der Waals surface area contributed by atoms with Gasteiger partial charge >= 0.3 is 5.97 Å². The molecule has 59 heavy (non-hydrogen) atoms. The zero-order valence-electron chi connectivity index (χ0n) is 39.4. The summed E-state index contributed by atoms with van der Waals surface area (Å²) < 4.78 is 5.93. The molecule has 0 aromatic rings. The van der Waals surface area contributed by atoms with Crippen LogP contribution in [0.15, 0.2) is 36.5 Å². The minimum atomic E-state index is -0.785. The molecule has 0 bridgehead atoms. The van der Waals surface area contributed by atoms with Gasteiger partial charge in [0, 0.05) is 6.42 Å². The van der Waals surface area contributed by atoms with Crippen molar-refractivity contribution in [1.29, 1.82) is 0 Å². The lowest BCUT2D eigenvalue weighted by atomic mass is 10.0. The number of hydrogen-bond acceptors (Lipinski definition) is 5. The van der Waals surface area contributed by atoms with Crippen LogP contribution >= 0.6 is 0 Å². The third-order valence-corrected chi connectivity index (χ3v) is 11.8. The summed E-state index contributed by atoms with van der Waals surface area (Å²) in [6, 6.07) is -0.699. The van der Waals surface area contributed by atoms with Crippen molar-refractivity contribution in [2.45, 2.75) is 283 Å². The van der Waals surface area contributed by atoms with Crippen LogP contribution in [0.3, 0.4) is 0 Å². The summed E-state index contributed by atoms with van der Waals surface area (Å²) in [5.74, 6) is -0.477. The van der Waals surface area contributed by atoms with Crippen molar-refractivity contribution in [1.82, 2.24) is 5.32 Å². The maximum absolute atomic E-state index is 13.2. The molecule has 0 fully saturated rings. The number of aliphatic hydroxyl groups is 2. The van der Waals surface area contributed by atoms with Gasteiger partial charge in [0.05, 0.1) is 25.2 Å². The number of aliphatic hydroxyl groups excluding tert-OH is 2. The maximum atomic E-state index is 13.2. The predicted octanol–water partition coefficient (Wildman–Crippen LogP) is 15.3. The van der Waals surface area contributed by atoms with E-state index in [-0.39, 0.29) is 24.9 Å². The number of hydrogen-bond donors (Lipinski definition) is 3. The van der Waals surface area contributed by atoms with Gasteiger partial charge in [-0.15, -0.1) is 0 Å². The quantitative estimate of drug-likeness (QED) is 0.0323. The van der Waals surface area contributed by atoms with E-state index in [1.807, 2.05) is 0 Å². The van der Waals surface area contributed by atoms with Crippen LogP contribution in [0.5, 0.6) is 0 Å². The summed E-state index contributed by atoms with van der Waals surface area (Å²) in [7, 11) is 0. The van der Waals surface area contributed by atoms with E-state index in [0.29, 0.717) is 19.3 Å². The molecule has 0 aromatic carbocycles. The van der Waals surface area contributed by atoms with E-state index in [1.54, 1.807) is 0 Å². The van der Waals surface area contributed by atoms with Crippen molar-refractivity contribution in [3.63, 3.8) is 0 Å². The first-order valence-electron chi connectivity index (χ1n) is 25.7. The summed E-state index contributed by atoms with van der Waals surface area (Å²) in [5, 5.41) is 23.7. The Labute approximate surface area is 366 Å². The SMILES string of the molecule is CC/C=C/C=C/C=C/CCCCCCCCCC(=O)OC(CCCCCCCCCCCCCCCCCC)CC(=O)NC(CO)C(O)CCCCCCCCCCC. The molecule has 0 spiro atoms. The number of amides is 1. The number of esters is 1. The van der Waals surface area contributed by atoms with E-state index in [4.69, 9.17) is 4.74 Å². The molecule has 0 heterocycles. The molecule has 3 N–H and O–H groups in total. The van der Waals surface area contributed by atoms with Crippen molar-refractivity contribution >= 4 is 11.9 Å². The number of carbonyl (C=O) groups is 2. The molecule has 0 saturated carbocycles. The summed E-state index contributed by atoms with van der Waals surface area (Å²) in [4.78, 5) is 26.1.